The van der Waals surface area contributed by atoms with Crippen molar-refractivity contribution >= 4 is 28.5 Å². The molecule has 0 radical (unpaired) electrons. The molecule has 3 aromatic heterocycles. The fourth-order valence-electron chi connectivity index (χ4n) is 1.80. The standard InChI is InChI=1S/C12H7ClN4O2/c13-7-1-2-15-11(3-7)17-10-6-14-4-9(12(18)19)8(10)5-16-17/h1-6H,(H,18,19). The van der Waals surface area contributed by atoms with Gasteiger partial charge in [-0.25, -0.2) is 14.5 Å². The molecule has 0 aromatic carbocycles. The zero-order chi connectivity index (χ0) is 13.4. The first-order valence-electron chi connectivity index (χ1n) is 5.34. The molecular weight excluding hydrogens is 268 g/mol. The summed E-state index contributed by atoms with van der Waals surface area (Å²) >= 11 is 5.90. The molecule has 0 saturated carbocycles. The van der Waals surface area contributed by atoms with Crippen molar-refractivity contribution in [1.82, 2.24) is 19.7 Å². The van der Waals surface area contributed by atoms with E-state index in [1.165, 1.54) is 23.3 Å². The van der Waals surface area contributed by atoms with Crippen LogP contribution in [0, 0.1) is 0 Å². The van der Waals surface area contributed by atoms with Crippen LogP contribution in [0.2, 0.25) is 5.02 Å². The summed E-state index contributed by atoms with van der Waals surface area (Å²) in [5.41, 5.74) is 0.667. The van der Waals surface area contributed by atoms with Crippen LogP contribution in [-0.2, 0) is 0 Å². The SMILES string of the molecule is O=C(O)c1cncc2c1cnn2-c1cc(Cl)ccn1. The number of pyridine rings is 2. The fraction of sp³-hybridized carbons (Fsp3) is 0. The summed E-state index contributed by atoms with van der Waals surface area (Å²) < 4.78 is 1.50. The predicted octanol–water partition coefficient (Wildman–Crippen LogP) is 2.17. The lowest BCUT2D eigenvalue weighted by atomic mass is 10.2. The summed E-state index contributed by atoms with van der Waals surface area (Å²) in [7, 11) is 0. The van der Waals surface area contributed by atoms with Crippen LogP contribution in [-0.4, -0.2) is 30.8 Å². The van der Waals surface area contributed by atoms with Gasteiger partial charge >= 0.3 is 5.97 Å². The molecule has 94 valence electrons. The first-order chi connectivity index (χ1) is 9.16. The van der Waals surface area contributed by atoms with Gasteiger partial charge in [0.2, 0.25) is 0 Å². The molecule has 3 aromatic rings. The van der Waals surface area contributed by atoms with Crippen molar-refractivity contribution in [3.63, 3.8) is 0 Å². The van der Waals surface area contributed by atoms with Gasteiger partial charge in [0.15, 0.2) is 5.82 Å². The van der Waals surface area contributed by atoms with E-state index in [0.29, 0.717) is 21.7 Å². The van der Waals surface area contributed by atoms with Crippen LogP contribution in [0.25, 0.3) is 16.7 Å². The molecule has 3 heterocycles. The Morgan fingerprint density at radius 3 is 2.89 bits per heavy atom. The molecule has 3 rings (SSSR count). The summed E-state index contributed by atoms with van der Waals surface area (Å²) in [6.45, 7) is 0. The zero-order valence-electron chi connectivity index (χ0n) is 9.49. The summed E-state index contributed by atoms with van der Waals surface area (Å²) in [5.74, 6) is -0.538. The number of rotatable bonds is 2. The third kappa shape index (κ3) is 1.92. The Hall–Kier alpha value is -2.47. The minimum atomic E-state index is -1.04. The monoisotopic (exact) mass is 274 g/mol. The third-order valence-corrected chi connectivity index (χ3v) is 2.89. The highest BCUT2D eigenvalue weighted by Gasteiger charge is 2.14. The number of aromatic carboxylic acids is 1. The highest BCUT2D eigenvalue weighted by atomic mass is 35.5. The van der Waals surface area contributed by atoms with Crippen LogP contribution in [0.1, 0.15) is 10.4 Å². The number of aromatic nitrogens is 4. The Kier molecular flexibility index (Phi) is 2.64. The van der Waals surface area contributed by atoms with Gasteiger partial charge in [0.1, 0.15) is 0 Å². The maximum absolute atomic E-state index is 11.1. The Labute approximate surface area is 112 Å². The van der Waals surface area contributed by atoms with E-state index in [1.807, 2.05) is 0 Å². The molecule has 0 bridgehead atoms. The second-order valence-electron chi connectivity index (χ2n) is 3.81. The fourth-order valence-corrected chi connectivity index (χ4v) is 1.96. The summed E-state index contributed by atoms with van der Waals surface area (Å²) in [5, 5.41) is 14.3. The molecule has 0 fully saturated rings. The highest BCUT2D eigenvalue weighted by molar-refractivity contribution is 6.30. The minimum absolute atomic E-state index is 0.103. The summed E-state index contributed by atoms with van der Waals surface area (Å²) in [4.78, 5) is 19.2. The second kappa shape index (κ2) is 4.33. The molecule has 19 heavy (non-hydrogen) atoms. The Morgan fingerprint density at radius 1 is 1.32 bits per heavy atom. The van der Waals surface area contributed by atoms with E-state index in [-0.39, 0.29) is 5.56 Å². The van der Waals surface area contributed by atoms with Gasteiger partial charge in [-0.05, 0) is 6.07 Å². The van der Waals surface area contributed by atoms with Gasteiger partial charge in [0.05, 0.1) is 23.5 Å². The molecule has 0 aliphatic rings. The number of hydrogen-bond donors (Lipinski definition) is 1. The van der Waals surface area contributed by atoms with Gasteiger partial charge in [-0.15, -0.1) is 0 Å². The van der Waals surface area contributed by atoms with Gasteiger partial charge in [-0.3, -0.25) is 4.98 Å². The normalized spacial score (nSPS) is 10.8. The number of carboxylic acid groups (broad SMARTS) is 1. The molecule has 6 nitrogen and oxygen atoms in total. The minimum Gasteiger partial charge on any atom is -0.478 e. The molecule has 0 aliphatic carbocycles. The van der Waals surface area contributed by atoms with Crippen LogP contribution in [0.5, 0.6) is 0 Å². The molecule has 0 spiro atoms. The van der Waals surface area contributed by atoms with E-state index < -0.39 is 5.97 Å². The van der Waals surface area contributed by atoms with Crippen LogP contribution >= 0.6 is 11.6 Å². The lowest BCUT2D eigenvalue weighted by Gasteiger charge is -2.02. The van der Waals surface area contributed by atoms with Crippen molar-refractivity contribution in [2.45, 2.75) is 0 Å². The maximum atomic E-state index is 11.1. The Bertz CT molecular complexity index is 784. The molecule has 0 aliphatic heterocycles. The number of hydrogen-bond acceptors (Lipinski definition) is 4. The van der Waals surface area contributed by atoms with Crippen molar-refractivity contribution in [3.8, 4) is 5.82 Å². The second-order valence-corrected chi connectivity index (χ2v) is 4.25. The number of nitrogens with zero attached hydrogens (tertiary/aromatic N) is 4. The van der Waals surface area contributed by atoms with Crippen molar-refractivity contribution in [2.75, 3.05) is 0 Å². The smallest absolute Gasteiger partial charge is 0.338 e. The van der Waals surface area contributed by atoms with Crippen molar-refractivity contribution in [3.05, 3.63) is 47.5 Å². The lowest BCUT2D eigenvalue weighted by molar-refractivity contribution is 0.0698. The molecule has 0 unspecified atom stereocenters. The van der Waals surface area contributed by atoms with Gasteiger partial charge < -0.3 is 5.11 Å². The Morgan fingerprint density at radius 2 is 2.16 bits per heavy atom. The van der Waals surface area contributed by atoms with Crippen LogP contribution in [0.4, 0.5) is 0 Å². The number of halogens is 1. The van der Waals surface area contributed by atoms with Crippen molar-refractivity contribution in [1.29, 1.82) is 0 Å². The maximum Gasteiger partial charge on any atom is 0.338 e. The van der Waals surface area contributed by atoms with Gasteiger partial charge in [-0.1, -0.05) is 11.6 Å². The average molecular weight is 275 g/mol. The van der Waals surface area contributed by atoms with E-state index >= 15 is 0 Å². The zero-order valence-corrected chi connectivity index (χ0v) is 10.2. The first-order valence-corrected chi connectivity index (χ1v) is 5.71. The van der Waals surface area contributed by atoms with Crippen LogP contribution in [0.15, 0.2) is 36.9 Å². The number of carboxylic acids is 1. The van der Waals surface area contributed by atoms with Crippen LogP contribution in [0.3, 0.4) is 0 Å². The predicted molar refractivity (Wildman–Crippen MR) is 68.6 cm³/mol. The van der Waals surface area contributed by atoms with Crippen LogP contribution < -0.4 is 0 Å². The van der Waals surface area contributed by atoms with E-state index in [9.17, 15) is 4.79 Å². The van der Waals surface area contributed by atoms with Gasteiger partial charge in [0, 0.05) is 28.9 Å². The van der Waals surface area contributed by atoms with Gasteiger partial charge in [-0.2, -0.15) is 5.10 Å². The first kappa shape index (κ1) is 11.6. The van der Waals surface area contributed by atoms with E-state index in [0.717, 1.165) is 0 Å². The van der Waals surface area contributed by atoms with E-state index in [4.69, 9.17) is 16.7 Å². The molecule has 0 amide bonds. The quantitative estimate of drug-likeness (QED) is 0.774. The van der Waals surface area contributed by atoms with E-state index in [2.05, 4.69) is 15.1 Å². The Balaban J connectivity index is 2.27. The topological polar surface area (TPSA) is 80.9 Å². The molecule has 1 N–H and O–H groups in total. The third-order valence-electron chi connectivity index (χ3n) is 2.65. The summed E-state index contributed by atoms with van der Waals surface area (Å²) in [6, 6.07) is 3.29. The number of carbonyl (C=O) groups is 1. The molecule has 0 atom stereocenters. The average Bonchev–Trinajstić information content (AvgIpc) is 2.82. The molecule has 0 saturated heterocycles. The highest BCUT2D eigenvalue weighted by Crippen LogP contribution is 2.21. The molecule has 7 heteroatoms. The van der Waals surface area contributed by atoms with Crippen molar-refractivity contribution in [2.24, 2.45) is 0 Å². The molecular formula is C12H7ClN4O2. The lowest BCUT2D eigenvalue weighted by Crippen LogP contribution is -2.01. The van der Waals surface area contributed by atoms with Gasteiger partial charge in [0.25, 0.3) is 0 Å². The van der Waals surface area contributed by atoms with Crippen molar-refractivity contribution < 1.29 is 9.90 Å². The largest absolute Gasteiger partial charge is 0.478 e. The number of fused-ring (bicyclic) bond motifs is 1. The van der Waals surface area contributed by atoms with E-state index in [1.54, 1.807) is 18.3 Å². The summed E-state index contributed by atoms with van der Waals surface area (Å²) in [6.07, 6.45) is 5.86.